The topological polar surface area (TPSA) is 49.3 Å². The SMILES string of the molecule is O=C(Nc1cccc2c(O)cccc12)C(c1ccccc1)c1ccccc1. The largest absolute Gasteiger partial charge is 0.507 e. The van der Waals surface area contributed by atoms with Crippen molar-refractivity contribution < 1.29 is 9.90 Å². The van der Waals surface area contributed by atoms with Crippen molar-refractivity contribution in [1.29, 1.82) is 0 Å². The second-order valence-electron chi connectivity index (χ2n) is 6.42. The van der Waals surface area contributed by atoms with Gasteiger partial charge in [-0.3, -0.25) is 4.79 Å². The van der Waals surface area contributed by atoms with E-state index in [9.17, 15) is 9.90 Å². The highest BCUT2D eigenvalue weighted by Gasteiger charge is 2.23. The fourth-order valence-corrected chi connectivity index (χ4v) is 3.39. The molecule has 0 heterocycles. The molecule has 0 atom stereocenters. The highest BCUT2D eigenvalue weighted by Crippen LogP contribution is 2.32. The number of rotatable bonds is 4. The number of phenols is 1. The molecule has 0 saturated carbocycles. The summed E-state index contributed by atoms with van der Waals surface area (Å²) in [6.45, 7) is 0. The summed E-state index contributed by atoms with van der Waals surface area (Å²) in [5.74, 6) is -0.325. The molecule has 0 aliphatic rings. The number of nitrogens with one attached hydrogen (secondary N) is 1. The van der Waals surface area contributed by atoms with Gasteiger partial charge in [0.15, 0.2) is 0 Å². The van der Waals surface area contributed by atoms with E-state index in [4.69, 9.17) is 0 Å². The molecule has 132 valence electrons. The Bertz CT molecular complexity index is 1040. The summed E-state index contributed by atoms with van der Waals surface area (Å²) in [6.07, 6.45) is 0. The first kappa shape index (κ1) is 16.9. The van der Waals surface area contributed by atoms with Crippen LogP contribution in [0, 0.1) is 0 Å². The van der Waals surface area contributed by atoms with Crippen molar-refractivity contribution in [2.45, 2.75) is 5.92 Å². The van der Waals surface area contributed by atoms with E-state index in [1.54, 1.807) is 12.1 Å². The van der Waals surface area contributed by atoms with Gasteiger partial charge in [0.05, 0.1) is 5.92 Å². The smallest absolute Gasteiger partial charge is 0.236 e. The third-order valence-corrected chi connectivity index (χ3v) is 4.68. The molecule has 3 nitrogen and oxygen atoms in total. The number of hydrogen-bond acceptors (Lipinski definition) is 2. The van der Waals surface area contributed by atoms with Crippen molar-refractivity contribution >= 4 is 22.4 Å². The van der Waals surface area contributed by atoms with Crippen LogP contribution in [0.15, 0.2) is 97.1 Å². The van der Waals surface area contributed by atoms with Crippen molar-refractivity contribution in [1.82, 2.24) is 0 Å². The highest BCUT2D eigenvalue weighted by molar-refractivity contribution is 6.06. The Labute approximate surface area is 157 Å². The summed E-state index contributed by atoms with van der Waals surface area (Å²) in [5, 5.41) is 14.7. The molecule has 2 N–H and O–H groups in total. The molecule has 4 aromatic carbocycles. The summed E-state index contributed by atoms with van der Waals surface area (Å²) in [6, 6.07) is 30.3. The van der Waals surface area contributed by atoms with Crippen LogP contribution in [0.5, 0.6) is 5.75 Å². The molecule has 4 rings (SSSR count). The van der Waals surface area contributed by atoms with Gasteiger partial charge in [0.25, 0.3) is 0 Å². The predicted molar refractivity (Wildman–Crippen MR) is 109 cm³/mol. The molecule has 27 heavy (non-hydrogen) atoms. The molecule has 0 aliphatic carbocycles. The molecule has 3 heteroatoms. The first-order chi connectivity index (χ1) is 13.2. The normalized spacial score (nSPS) is 10.9. The third-order valence-electron chi connectivity index (χ3n) is 4.68. The Morgan fingerprint density at radius 1 is 0.667 bits per heavy atom. The van der Waals surface area contributed by atoms with E-state index in [0.717, 1.165) is 16.5 Å². The second-order valence-corrected chi connectivity index (χ2v) is 6.42. The summed E-state index contributed by atoms with van der Waals surface area (Å²) in [7, 11) is 0. The van der Waals surface area contributed by atoms with Crippen LogP contribution in [0.4, 0.5) is 5.69 Å². The molecular weight excluding hydrogens is 334 g/mol. The zero-order valence-corrected chi connectivity index (χ0v) is 14.7. The fourth-order valence-electron chi connectivity index (χ4n) is 3.39. The summed E-state index contributed by atoms with van der Waals surface area (Å²) < 4.78 is 0. The van der Waals surface area contributed by atoms with E-state index in [1.165, 1.54) is 0 Å². The van der Waals surface area contributed by atoms with Gasteiger partial charge in [-0.25, -0.2) is 0 Å². The van der Waals surface area contributed by atoms with Gasteiger partial charge < -0.3 is 10.4 Å². The van der Waals surface area contributed by atoms with Crippen LogP contribution in [0.3, 0.4) is 0 Å². The number of aromatic hydroxyl groups is 1. The van der Waals surface area contributed by atoms with Gasteiger partial charge in [-0.2, -0.15) is 0 Å². The maximum absolute atomic E-state index is 13.3. The minimum Gasteiger partial charge on any atom is -0.507 e. The van der Waals surface area contributed by atoms with Gasteiger partial charge in [-0.15, -0.1) is 0 Å². The standard InChI is InChI=1S/C24H19NO2/c26-22-16-8-13-19-20(22)14-7-15-21(19)25-24(27)23(17-9-3-1-4-10-17)18-11-5-2-6-12-18/h1-16,23,26H,(H,25,27). The zero-order valence-electron chi connectivity index (χ0n) is 14.7. The number of amides is 1. The molecule has 1 amide bonds. The van der Waals surface area contributed by atoms with Gasteiger partial charge in [0.2, 0.25) is 5.91 Å². The number of fused-ring (bicyclic) bond motifs is 1. The lowest BCUT2D eigenvalue weighted by Crippen LogP contribution is -2.22. The van der Waals surface area contributed by atoms with Crippen LogP contribution >= 0.6 is 0 Å². The van der Waals surface area contributed by atoms with Crippen molar-refractivity contribution in [3.05, 3.63) is 108 Å². The van der Waals surface area contributed by atoms with E-state index in [-0.39, 0.29) is 11.7 Å². The Hall–Kier alpha value is -3.59. The van der Waals surface area contributed by atoms with Crippen LogP contribution in [0.2, 0.25) is 0 Å². The highest BCUT2D eigenvalue weighted by atomic mass is 16.3. The van der Waals surface area contributed by atoms with Crippen molar-refractivity contribution in [3.8, 4) is 5.75 Å². The number of carbonyl (C=O) groups excluding carboxylic acids is 1. The molecule has 4 aromatic rings. The van der Waals surface area contributed by atoms with Crippen molar-refractivity contribution in [2.24, 2.45) is 0 Å². The molecule has 0 bridgehead atoms. The van der Waals surface area contributed by atoms with E-state index >= 15 is 0 Å². The van der Waals surface area contributed by atoms with E-state index in [2.05, 4.69) is 5.32 Å². The maximum Gasteiger partial charge on any atom is 0.236 e. The number of anilines is 1. The first-order valence-corrected chi connectivity index (χ1v) is 8.85. The fraction of sp³-hybridized carbons (Fsp3) is 0.0417. The molecule has 0 aliphatic heterocycles. The Balaban J connectivity index is 1.75. The van der Waals surface area contributed by atoms with Gasteiger partial charge >= 0.3 is 0 Å². The van der Waals surface area contributed by atoms with E-state index in [0.29, 0.717) is 11.1 Å². The summed E-state index contributed by atoms with van der Waals surface area (Å²) >= 11 is 0. The Morgan fingerprint density at radius 3 is 1.85 bits per heavy atom. The Morgan fingerprint density at radius 2 is 1.22 bits per heavy atom. The van der Waals surface area contributed by atoms with Crippen molar-refractivity contribution in [3.63, 3.8) is 0 Å². The number of benzene rings is 4. The van der Waals surface area contributed by atoms with Crippen LogP contribution in [-0.4, -0.2) is 11.0 Å². The van der Waals surface area contributed by atoms with Gasteiger partial charge in [0, 0.05) is 16.5 Å². The van der Waals surface area contributed by atoms with Gasteiger partial charge in [-0.05, 0) is 23.3 Å². The Kier molecular flexibility index (Phi) is 4.58. The lowest BCUT2D eigenvalue weighted by Gasteiger charge is -2.19. The van der Waals surface area contributed by atoms with Gasteiger partial charge in [-0.1, -0.05) is 84.9 Å². The number of carbonyl (C=O) groups is 1. The molecule has 0 unspecified atom stereocenters. The van der Waals surface area contributed by atoms with Crippen LogP contribution < -0.4 is 5.32 Å². The van der Waals surface area contributed by atoms with Crippen molar-refractivity contribution in [2.75, 3.05) is 5.32 Å². The van der Waals surface area contributed by atoms with Crippen LogP contribution in [0.1, 0.15) is 17.0 Å². The minimum absolute atomic E-state index is 0.108. The second kappa shape index (κ2) is 7.34. The number of phenolic OH excluding ortho intramolecular Hbond substituents is 1. The number of hydrogen-bond donors (Lipinski definition) is 2. The average Bonchev–Trinajstić information content (AvgIpc) is 2.71. The molecule has 0 radical (unpaired) electrons. The minimum atomic E-state index is -0.417. The van der Waals surface area contributed by atoms with E-state index < -0.39 is 5.92 Å². The molecule has 0 fully saturated rings. The third kappa shape index (κ3) is 3.40. The average molecular weight is 353 g/mol. The monoisotopic (exact) mass is 353 g/mol. The lowest BCUT2D eigenvalue weighted by molar-refractivity contribution is -0.116. The quantitative estimate of drug-likeness (QED) is 0.522. The lowest BCUT2D eigenvalue weighted by atomic mass is 9.90. The zero-order chi connectivity index (χ0) is 18.6. The van der Waals surface area contributed by atoms with Gasteiger partial charge in [0.1, 0.15) is 5.75 Å². The molecular formula is C24H19NO2. The van der Waals surface area contributed by atoms with Crippen LogP contribution in [0.25, 0.3) is 10.8 Å². The first-order valence-electron chi connectivity index (χ1n) is 8.85. The maximum atomic E-state index is 13.3. The van der Waals surface area contributed by atoms with Crippen LogP contribution in [-0.2, 0) is 4.79 Å². The molecule has 0 aromatic heterocycles. The molecule has 0 spiro atoms. The summed E-state index contributed by atoms with van der Waals surface area (Å²) in [4.78, 5) is 13.3. The van der Waals surface area contributed by atoms with E-state index in [1.807, 2.05) is 84.9 Å². The summed E-state index contributed by atoms with van der Waals surface area (Å²) in [5.41, 5.74) is 2.55. The molecule has 0 saturated heterocycles. The predicted octanol–water partition coefficient (Wildman–Crippen LogP) is 5.32.